The zero-order valence-corrected chi connectivity index (χ0v) is 9.15. The zero-order chi connectivity index (χ0) is 12.1. The normalized spacial score (nSPS) is 12.1. The summed E-state index contributed by atoms with van der Waals surface area (Å²) in [5, 5.41) is 18.6. The molecule has 86 valence electrons. The first kappa shape index (κ1) is 12.7. The molecule has 0 amide bonds. The molecule has 5 heteroatoms. The van der Waals surface area contributed by atoms with Crippen LogP contribution in [0.15, 0.2) is 18.2 Å². The highest BCUT2D eigenvalue weighted by molar-refractivity contribution is 6.30. The Bertz CT molecular complexity index is 403. The van der Waals surface area contributed by atoms with Crippen LogP contribution in [-0.2, 0) is 16.0 Å². The Balaban J connectivity index is 3.06. The minimum atomic E-state index is -1.58. The average molecular weight is 243 g/mol. The van der Waals surface area contributed by atoms with Crippen LogP contribution in [0.5, 0.6) is 0 Å². The molecule has 0 bridgehead atoms. The lowest BCUT2D eigenvalue weighted by molar-refractivity contribution is -0.147. The van der Waals surface area contributed by atoms with Gasteiger partial charge in [-0.05, 0) is 29.7 Å². The first-order valence-corrected chi connectivity index (χ1v) is 5.07. The number of hydrogen-bond acceptors (Lipinski definition) is 3. The minimum absolute atomic E-state index is 0.264. The molecule has 16 heavy (non-hydrogen) atoms. The van der Waals surface area contributed by atoms with Crippen molar-refractivity contribution in [3.05, 3.63) is 34.3 Å². The molecule has 2 N–H and O–H groups in total. The molecule has 0 aliphatic rings. The van der Waals surface area contributed by atoms with Gasteiger partial charge in [0.05, 0.1) is 0 Å². The summed E-state index contributed by atoms with van der Waals surface area (Å²) in [4.78, 5) is 20.9. The fourth-order valence-electron chi connectivity index (χ4n) is 1.41. The molecule has 1 aromatic carbocycles. The van der Waals surface area contributed by atoms with Crippen LogP contribution in [-0.4, -0.2) is 22.5 Å². The smallest absolute Gasteiger partial charge is 0.337 e. The largest absolute Gasteiger partial charge is 0.479 e. The Hall–Kier alpha value is -1.39. The third kappa shape index (κ3) is 3.05. The summed E-state index contributed by atoms with van der Waals surface area (Å²) in [6, 6.07) is 4.53. The molecule has 0 radical (unpaired) electrons. The molecule has 1 unspecified atom stereocenters. The molecule has 4 nitrogen and oxygen atoms in total. The standard InChI is InChI=1S/C11H11ClO4/c12-8-3-4-9(10(14)11(15)16)7(6-8)2-1-5-13/h3-6,10,14H,1-2H2,(H,15,16). The van der Waals surface area contributed by atoms with Crippen molar-refractivity contribution in [2.75, 3.05) is 0 Å². The van der Waals surface area contributed by atoms with Crippen LogP contribution >= 0.6 is 11.6 Å². The van der Waals surface area contributed by atoms with Crippen LogP contribution in [0.3, 0.4) is 0 Å². The lowest BCUT2D eigenvalue weighted by Crippen LogP contribution is -2.12. The number of aldehydes is 1. The molecule has 0 spiro atoms. The second kappa shape index (κ2) is 5.63. The van der Waals surface area contributed by atoms with Crippen molar-refractivity contribution >= 4 is 23.9 Å². The first-order chi connectivity index (χ1) is 7.56. The molecule has 0 heterocycles. The van der Waals surface area contributed by atoms with Gasteiger partial charge in [0, 0.05) is 11.4 Å². The average Bonchev–Trinajstić information content (AvgIpc) is 2.25. The Kier molecular flexibility index (Phi) is 4.46. The van der Waals surface area contributed by atoms with Crippen molar-refractivity contribution in [2.24, 2.45) is 0 Å². The van der Waals surface area contributed by atoms with Gasteiger partial charge in [-0.3, -0.25) is 0 Å². The van der Waals surface area contributed by atoms with Crippen LogP contribution in [0.1, 0.15) is 23.7 Å². The van der Waals surface area contributed by atoms with E-state index in [1.165, 1.54) is 12.1 Å². The number of carboxylic acids is 1. The van der Waals surface area contributed by atoms with E-state index in [1.807, 2.05) is 0 Å². The van der Waals surface area contributed by atoms with Gasteiger partial charge in [0.2, 0.25) is 0 Å². The number of aliphatic hydroxyl groups excluding tert-OH is 1. The molecule has 0 saturated heterocycles. The van der Waals surface area contributed by atoms with E-state index in [9.17, 15) is 14.7 Å². The van der Waals surface area contributed by atoms with Crippen LogP contribution < -0.4 is 0 Å². The summed E-state index contributed by atoms with van der Waals surface area (Å²) in [7, 11) is 0. The molecule has 1 rings (SSSR count). The third-order valence-electron chi connectivity index (χ3n) is 2.17. The van der Waals surface area contributed by atoms with Gasteiger partial charge in [0.25, 0.3) is 0 Å². The van der Waals surface area contributed by atoms with Crippen molar-refractivity contribution in [3.63, 3.8) is 0 Å². The maximum atomic E-state index is 10.7. The van der Waals surface area contributed by atoms with E-state index in [1.54, 1.807) is 6.07 Å². The predicted molar refractivity (Wildman–Crippen MR) is 58.4 cm³/mol. The van der Waals surface area contributed by atoms with Gasteiger partial charge in [-0.1, -0.05) is 17.7 Å². The van der Waals surface area contributed by atoms with Crippen LogP contribution in [0.25, 0.3) is 0 Å². The van der Waals surface area contributed by atoms with E-state index in [4.69, 9.17) is 16.7 Å². The first-order valence-electron chi connectivity index (χ1n) is 4.69. The van der Waals surface area contributed by atoms with Gasteiger partial charge < -0.3 is 15.0 Å². The lowest BCUT2D eigenvalue weighted by Gasteiger charge is -2.11. The number of aliphatic carboxylic acids is 1. The molecule has 0 saturated carbocycles. The predicted octanol–water partition coefficient (Wildman–Crippen LogP) is 1.59. The number of hydrogen-bond donors (Lipinski definition) is 2. The third-order valence-corrected chi connectivity index (χ3v) is 2.40. The van der Waals surface area contributed by atoms with Crippen LogP contribution in [0, 0.1) is 0 Å². The number of aliphatic hydroxyl groups is 1. The maximum Gasteiger partial charge on any atom is 0.337 e. The van der Waals surface area contributed by atoms with Gasteiger partial charge in [0.1, 0.15) is 6.29 Å². The molecular weight excluding hydrogens is 232 g/mol. The quantitative estimate of drug-likeness (QED) is 0.769. The topological polar surface area (TPSA) is 74.6 Å². The van der Waals surface area contributed by atoms with Gasteiger partial charge in [-0.2, -0.15) is 0 Å². The fourth-order valence-corrected chi connectivity index (χ4v) is 1.60. The summed E-state index contributed by atoms with van der Waals surface area (Å²) < 4.78 is 0. The van der Waals surface area contributed by atoms with E-state index < -0.39 is 12.1 Å². The molecule has 0 fully saturated rings. The zero-order valence-electron chi connectivity index (χ0n) is 8.39. The second-order valence-electron chi connectivity index (χ2n) is 3.29. The number of benzene rings is 1. The fraction of sp³-hybridized carbons (Fsp3) is 0.273. The number of carbonyl (C=O) groups excluding carboxylic acids is 1. The van der Waals surface area contributed by atoms with E-state index in [0.717, 1.165) is 6.29 Å². The van der Waals surface area contributed by atoms with Crippen LogP contribution in [0.4, 0.5) is 0 Å². The molecule has 0 aliphatic carbocycles. The lowest BCUT2D eigenvalue weighted by atomic mass is 9.99. The van der Waals surface area contributed by atoms with Crippen molar-refractivity contribution in [2.45, 2.75) is 18.9 Å². The molecule has 0 aromatic heterocycles. The number of carboxylic acid groups (broad SMARTS) is 1. The number of aryl methyl sites for hydroxylation is 1. The van der Waals surface area contributed by atoms with Crippen LogP contribution in [0.2, 0.25) is 5.02 Å². The number of rotatable bonds is 5. The summed E-state index contributed by atoms with van der Waals surface area (Å²) >= 11 is 5.76. The SMILES string of the molecule is O=CCCc1cc(Cl)ccc1C(O)C(=O)O. The van der Waals surface area contributed by atoms with Crippen molar-refractivity contribution < 1.29 is 19.8 Å². The van der Waals surface area contributed by atoms with E-state index in [0.29, 0.717) is 17.0 Å². The number of halogens is 1. The van der Waals surface area contributed by atoms with Gasteiger partial charge in [0.15, 0.2) is 6.10 Å². The summed E-state index contributed by atoms with van der Waals surface area (Å²) in [6.07, 6.45) is -0.222. The highest BCUT2D eigenvalue weighted by Crippen LogP contribution is 2.23. The molecular formula is C11H11ClO4. The molecule has 1 atom stereocenters. The Labute approximate surface area is 97.5 Å². The van der Waals surface area contributed by atoms with Crippen molar-refractivity contribution in [1.29, 1.82) is 0 Å². The molecule has 0 aliphatic heterocycles. The summed E-state index contributed by atoms with van der Waals surface area (Å²) in [5.41, 5.74) is 0.855. The van der Waals surface area contributed by atoms with Gasteiger partial charge in [-0.15, -0.1) is 0 Å². The van der Waals surface area contributed by atoms with Crippen molar-refractivity contribution in [3.8, 4) is 0 Å². The van der Waals surface area contributed by atoms with Gasteiger partial charge >= 0.3 is 5.97 Å². The summed E-state index contributed by atoms with van der Waals surface area (Å²) in [6.45, 7) is 0. The van der Waals surface area contributed by atoms with E-state index in [-0.39, 0.29) is 12.0 Å². The minimum Gasteiger partial charge on any atom is -0.479 e. The maximum absolute atomic E-state index is 10.7. The summed E-state index contributed by atoms with van der Waals surface area (Å²) in [5.74, 6) is -1.32. The highest BCUT2D eigenvalue weighted by atomic mass is 35.5. The molecule has 1 aromatic rings. The van der Waals surface area contributed by atoms with E-state index >= 15 is 0 Å². The Morgan fingerprint density at radius 1 is 1.50 bits per heavy atom. The Morgan fingerprint density at radius 2 is 2.19 bits per heavy atom. The van der Waals surface area contributed by atoms with E-state index in [2.05, 4.69) is 0 Å². The van der Waals surface area contributed by atoms with Gasteiger partial charge in [-0.25, -0.2) is 4.79 Å². The Morgan fingerprint density at radius 3 is 2.75 bits per heavy atom. The second-order valence-corrected chi connectivity index (χ2v) is 3.73. The highest BCUT2D eigenvalue weighted by Gasteiger charge is 2.19. The van der Waals surface area contributed by atoms with Crippen molar-refractivity contribution in [1.82, 2.24) is 0 Å². The monoisotopic (exact) mass is 242 g/mol. The number of carbonyl (C=O) groups is 2.